The van der Waals surface area contributed by atoms with Crippen molar-refractivity contribution in [2.24, 2.45) is 5.92 Å². The van der Waals surface area contributed by atoms with Gasteiger partial charge in [0, 0.05) is 18.5 Å². The molecule has 3 atom stereocenters. The third-order valence-electron chi connectivity index (χ3n) is 3.86. The second kappa shape index (κ2) is 6.56. The van der Waals surface area contributed by atoms with Gasteiger partial charge in [0.05, 0.1) is 6.10 Å². The Morgan fingerprint density at radius 2 is 1.74 bits per heavy atom. The van der Waals surface area contributed by atoms with E-state index in [9.17, 15) is 18.3 Å². The van der Waals surface area contributed by atoms with Crippen LogP contribution in [0.15, 0.2) is 0 Å². The van der Waals surface area contributed by atoms with Crippen molar-refractivity contribution in [3.8, 4) is 0 Å². The number of rotatable bonds is 0. The van der Waals surface area contributed by atoms with Crippen LogP contribution in [0.25, 0.3) is 0 Å². The van der Waals surface area contributed by atoms with Crippen molar-refractivity contribution < 1.29 is 28.2 Å². The van der Waals surface area contributed by atoms with Gasteiger partial charge in [-0.2, -0.15) is 13.2 Å². The van der Waals surface area contributed by atoms with Gasteiger partial charge in [-0.25, -0.2) is 4.79 Å². The lowest BCUT2D eigenvalue weighted by molar-refractivity contribution is -0.192. The summed E-state index contributed by atoms with van der Waals surface area (Å²) in [6, 6.07) is 0.683. The summed E-state index contributed by atoms with van der Waals surface area (Å²) >= 11 is 0. The van der Waals surface area contributed by atoms with Crippen molar-refractivity contribution >= 4 is 5.97 Å². The van der Waals surface area contributed by atoms with E-state index in [0.29, 0.717) is 12.0 Å². The zero-order valence-corrected chi connectivity index (χ0v) is 10.9. The van der Waals surface area contributed by atoms with Crippen LogP contribution >= 0.6 is 0 Å². The highest BCUT2D eigenvalue weighted by molar-refractivity contribution is 5.73. The molecule has 1 saturated carbocycles. The third-order valence-corrected chi connectivity index (χ3v) is 3.86. The number of aliphatic carboxylic acids is 1. The average Bonchev–Trinajstić information content (AvgIpc) is 2.34. The van der Waals surface area contributed by atoms with Crippen molar-refractivity contribution in [1.29, 1.82) is 0 Å². The van der Waals surface area contributed by atoms with Crippen LogP contribution in [0.2, 0.25) is 0 Å². The number of aliphatic hydroxyl groups excluding tert-OH is 1. The van der Waals surface area contributed by atoms with Gasteiger partial charge in [0.15, 0.2) is 0 Å². The first kappa shape index (κ1) is 16.2. The number of likely N-dealkylation sites (tertiary alicyclic amines) is 1. The number of aliphatic hydroxyl groups is 1. The fourth-order valence-corrected chi connectivity index (χ4v) is 2.85. The Hall–Kier alpha value is -0.820. The van der Waals surface area contributed by atoms with E-state index in [1.807, 2.05) is 0 Å². The van der Waals surface area contributed by atoms with Gasteiger partial charge in [0.25, 0.3) is 0 Å². The quantitative estimate of drug-likeness (QED) is 0.712. The molecule has 2 aliphatic rings. The lowest BCUT2D eigenvalue weighted by atomic mass is 9.77. The molecule has 1 aliphatic heterocycles. The molecule has 0 bridgehead atoms. The summed E-state index contributed by atoms with van der Waals surface area (Å²) in [6.45, 7) is 1.09. The summed E-state index contributed by atoms with van der Waals surface area (Å²) in [5.41, 5.74) is 0. The summed E-state index contributed by atoms with van der Waals surface area (Å²) in [6.07, 6.45) is 1.13. The molecule has 112 valence electrons. The molecule has 1 heterocycles. The average molecular weight is 283 g/mol. The summed E-state index contributed by atoms with van der Waals surface area (Å²) in [5, 5.41) is 16.9. The monoisotopic (exact) mass is 283 g/mol. The second-order valence-electron chi connectivity index (χ2n) is 5.16. The Morgan fingerprint density at radius 3 is 2.21 bits per heavy atom. The van der Waals surface area contributed by atoms with E-state index in [4.69, 9.17) is 9.90 Å². The summed E-state index contributed by atoms with van der Waals surface area (Å²) in [7, 11) is 2.20. The fourth-order valence-electron chi connectivity index (χ4n) is 2.85. The van der Waals surface area contributed by atoms with Gasteiger partial charge in [-0.1, -0.05) is 12.8 Å². The molecule has 2 rings (SSSR count). The number of alkyl halides is 3. The smallest absolute Gasteiger partial charge is 0.475 e. The van der Waals surface area contributed by atoms with Crippen LogP contribution in [0.1, 0.15) is 32.1 Å². The predicted octanol–water partition coefficient (Wildman–Crippen LogP) is 1.87. The van der Waals surface area contributed by atoms with Crippen LogP contribution < -0.4 is 0 Å². The lowest BCUT2D eigenvalue weighted by Gasteiger charge is -2.44. The van der Waals surface area contributed by atoms with Crippen molar-refractivity contribution in [3.05, 3.63) is 0 Å². The normalized spacial score (nSPS) is 31.9. The summed E-state index contributed by atoms with van der Waals surface area (Å²) in [4.78, 5) is 11.3. The number of hydrogen-bond acceptors (Lipinski definition) is 3. The van der Waals surface area contributed by atoms with E-state index in [1.54, 1.807) is 0 Å². The number of piperidine rings is 1. The number of carboxylic acids is 1. The van der Waals surface area contributed by atoms with Crippen molar-refractivity contribution in [1.82, 2.24) is 4.90 Å². The Bertz CT molecular complexity index is 291. The molecular formula is C12H20F3NO3. The van der Waals surface area contributed by atoms with E-state index >= 15 is 0 Å². The standard InChI is InChI=1S/C10H19NO.C2HF3O2/c1-11-7-6-10(12)8-4-2-3-5-9(8)11;3-2(4,5)1(6)7/h8-10,12H,2-7H2,1H3;(H,6,7). The number of fused-ring (bicyclic) bond motifs is 1. The molecule has 19 heavy (non-hydrogen) atoms. The number of carbonyl (C=O) groups is 1. The van der Waals surface area contributed by atoms with Crippen LogP contribution in [-0.2, 0) is 4.79 Å². The van der Waals surface area contributed by atoms with Crippen LogP contribution in [0.4, 0.5) is 13.2 Å². The summed E-state index contributed by atoms with van der Waals surface area (Å²) in [5.74, 6) is -2.18. The first-order chi connectivity index (χ1) is 8.73. The largest absolute Gasteiger partial charge is 0.490 e. The van der Waals surface area contributed by atoms with Gasteiger partial charge in [-0.05, 0) is 26.3 Å². The van der Waals surface area contributed by atoms with Gasteiger partial charge >= 0.3 is 12.1 Å². The molecule has 2 N–H and O–H groups in total. The first-order valence-corrected chi connectivity index (χ1v) is 6.42. The Kier molecular flexibility index (Phi) is 5.61. The van der Waals surface area contributed by atoms with Gasteiger partial charge in [0.1, 0.15) is 0 Å². The molecule has 0 aromatic rings. The molecule has 0 aromatic carbocycles. The molecule has 1 aliphatic carbocycles. The third kappa shape index (κ3) is 4.65. The van der Waals surface area contributed by atoms with E-state index < -0.39 is 12.1 Å². The number of carboxylic acid groups (broad SMARTS) is 1. The summed E-state index contributed by atoms with van der Waals surface area (Å²) < 4.78 is 31.7. The lowest BCUT2D eigenvalue weighted by Crippen LogP contribution is -2.50. The highest BCUT2D eigenvalue weighted by atomic mass is 19.4. The van der Waals surface area contributed by atoms with Crippen LogP contribution in [0.3, 0.4) is 0 Å². The fraction of sp³-hybridized carbons (Fsp3) is 0.917. The topological polar surface area (TPSA) is 60.8 Å². The maximum Gasteiger partial charge on any atom is 0.490 e. The van der Waals surface area contributed by atoms with E-state index in [1.165, 1.54) is 25.7 Å². The molecule has 2 fully saturated rings. The van der Waals surface area contributed by atoms with Crippen LogP contribution in [0, 0.1) is 5.92 Å². The second-order valence-corrected chi connectivity index (χ2v) is 5.16. The minimum absolute atomic E-state index is 0.00787. The maximum atomic E-state index is 10.6. The van der Waals surface area contributed by atoms with Crippen LogP contribution in [-0.4, -0.2) is 53.0 Å². The van der Waals surface area contributed by atoms with Crippen molar-refractivity contribution in [3.63, 3.8) is 0 Å². The van der Waals surface area contributed by atoms with E-state index in [0.717, 1.165) is 13.0 Å². The molecular weight excluding hydrogens is 263 g/mol. The number of nitrogens with zero attached hydrogens (tertiary/aromatic N) is 1. The van der Waals surface area contributed by atoms with Crippen LogP contribution in [0.5, 0.6) is 0 Å². The molecule has 0 radical (unpaired) electrons. The van der Waals surface area contributed by atoms with Crippen molar-refractivity contribution in [2.45, 2.75) is 50.4 Å². The SMILES string of the molecule is CN1CCC(O)C2CCCCC21.O=C(O)C(F)(F)F. The number of hydrogen-bond donors (Lipinski definition) is 2. The molecule has 1 saturated heterocycles. The molecule has 7 heteroatoms. The highest BCUT2D eigenvalue weighted by Gasteiger charge is 2.38. The maximum absolute atomic E-state index is 10.6. The van der Waals surface area contributed by atoms with Gasteiger partial charge in [0.2, 0.25) is 0 Å². The van der Waals surface area contributed by atoms with Gasteiger partial charge < -0.3 is 15.1 Å². The van der Waals surface area contributed by atoms with E-state index in [-0.39, 0.29) is 6.10 Å². The minimum Gasteiger partial charge on any atom is -0.475 e. The predicted molar refractivity (Wildman–Crippen MR) is 62.7 cm³/mol. The molecule has 3 unspecified atom stereocenters. The molecule has 0 amide bonds. The Labute approximate surface area is 110 Å². The number of halogens is 3. The molecule has 0 aromatic heterocycles. The molecule has 0 spiro atoms. The van der Waals surface area contributed by atoms with Crippen molar-refractivity contribution in [2.75, 3.05) is 13.6 Å². The Balaban J connectivity index is 0.000000224. The zero-order valence-electron chi connectivity index (χ0n) is 10.9. The Morgan fingerprint density at radius 1 is 1.21 bits per heavy atom. The van der Waals surface area contributed by atoms with Gasteiger partial charge in [-0.15, -0.1) is 0 Å². The van der Waals surface area contributed by atoms with Gasteiger partial charge in [-0.3, -0.25) is 0 Å². The van der Waals surface area contributed by atoms with E-state index in [2.05, 4.69) is 11.9 Å². The highest BCUT2D eigenvalue weighted by Crippen LogP contribution is 2.34. The first-order valence-electron chi connectivity index (χ1n) is 6.42. The molecule has 4 nitrogen and oxygen atoms in total. The minimum atomic E-state index is -5.08. The zero-order chi connectivity index (χ0) is 14.6.